The molecule has 0 saturated carbocycles. The second kappa shape index (κ2) is 5.96. The van der Waals surface area contributed by atoms with Gasteiger partial charge in [0.15, 0.2) is 5.82 Å². The Hall–Kier alpha value is -0.700. The molecule has 1 aromatic rings. The van der Waals surface area contributed by atoms with Gasteiger partial charge in [0.05, 0.1) is 11.1 Å². The van der Waals surface area contributed by atoms with E-state index in [4.69, 9.17) is 10.5 Å². The van der Waals surface area contributed by atoms with E-state index >= 15 is 0 Å². The summed E-state index contributed by atoms with van der Waals surface area (Å²) < 4.78 is 43.9. The van der Waals surface area contributed by atoms with Crippen LogP contribution < -0.4 is 5.73 Å². The minimum Gasteiger partial charge on any atom is -0.399 e. The number of likely N-dealkylation sites (N-methyl/N-ethyl adjacent to an activating group) is 1. The summed E-state index contributed by atoms with van der Waals surface area (Å²) in [6, 6.07) is 2.40. The number of methoxy groups -OCH3 is 1. The molecule has 0 spiro atoms. The van der Waals surface area contributed by atoms with E-state index in [1.54, 1.807) is 0 Å². The van der Waals surface area contributed by atoms with Crippen LogP contribution in [-0.2, 0) is 14.8 Å². The monoisotopic (exact) mass is 340 g/mol. The molecule has 8 heteroatoms. The zero-order valence-corrected chi connectivity index (χ0v) is 12.4. The van der Waals surface area contributed by atoms with Crippen LogP contribution in [0, 0.1) is 5.82 Å². The van der Waals surface area contributed by atoms with Crippen molar-refractivity contribution in [3.05, 3.63) is 22.4 Å². The Bertz CT molecular complexity index is 536. The van der Waals surface area contributed by atoms with E-state index in [2.05, 4.69) is 15.9 Å². The number of sulfonamides is 1. The predicted molar refractivity (Wildman–Crippen MR) is 70.2 cm³/mol. The van der Waals surface area contributed by atoms with Gasteiger partial charge in [-0.15, -0.1) is 0 Å². The molecule has 0 aliphatic rings. The second-order valence-electron chi connectivity index (χ2n) is 3.63. The Labute approximate surface area is 114 Å². The highest BCUT2D eigenvalue weighted by atomic mass is 79.9. The third kappa shape index (κ3) is 3.19. The minimum absolute atomic E-state index is 0.0150. The highest BCUT2D eigenvalue weighted by Crippen LogP contribution is 2.27. The van der Waals surface area contributed by atoms with Crippen LogP contribution in [0.1, 0.15) is 0 Å². The van der Waals surface area contributed by atoms with Gasteiger partial charge < -0.3 is 10.5 Å². The molecule has 0 bridgehead atoms. The third-order valence-corrected chi connectivity index (χ3v) is 4.75. The first kappa shape index (κ1) is 15.4. The topological polar surface area (TPSA) is 72.6 Å². The zero-order valence-electron chi connectivity index (χ0n) is 9.98. The lowest BCUT2D eigenvalue weighted by Gasteiger charge is -2.17. The number of nitrogens with zero attached hydrogens (tertiary/aromatic N) is 1. The van der Waals surface area contributed by atoms with Crippen LogP contribution in [0.5, 0.6) is 0 Å². The number of anilines is 1. The molecule has 0 aliphatic heterocycles. The first-order chi connectivity index (χ1) is 8.30. The van der Waals surface area contributed by atoms with E-state index in [0.717, 1.165) is 10.4 Å². The van der Waals surface area contributed by atoms with Gasteiger partial charge in [-0.1, -0.05) is 0 Å². The van der Waals surface area contributed by atoms with Gasteiger partial charge in [0.1, 0.15) is 4.90 Å². The molecular formula is C10H14BrFN2O3S. The normalized spacial score (nSPS) is 12.1. The van der Waals surface area contributed by atoms with Crippen LogP contribution in [-0.4, -0.2) is 40.0 Å². The molecule has 0 fully saturated rings. The van der Waals surface area contributed by atoms with E-state index < -0.39 is 20.7 Å². The number of rotatable bonds is 5. The Morgan fingerprint density at radius 2 is 2.11 bits per heavy atom. The van der Waals surface area contributed by atoms with Crippen LogP contribution in [0.4, 0.5) is 10.1 Å². The lowest BCUT2D eigenvalue weighted by atomic mass is 10.3. The van der Waals surface area contributed by atoms with Gasteiger partial charge in [-0.3, -0.25) is 0 Å². The molecule has 1 rings (SSSR count). The summed E-state index contributed by atoms with van der Waals surface area (Å²) in [4.78, 5) is -0.451. The molecule has 0 atom stereocenters. The van der Waals surface area contributed by atoms with Gasteiger partial charge in [-0.2, -0.15) is 4.31 Å². The molecule has 1 aromatic carbocycles. The Kier molecular flexibility index (Phi) is 5.09. The van der Waals surface area contributed by atoms with Gasteiger partial charge in [0.2, 0.25) is 10.0 Å². The number of benzene rings is 1. The molecule has 0 amide bonds. The fourth-order valence-corrected chi connectivity index (χ4v) is 3.16. The van der Waals surface area contributed by atoms with Gasteiger partial charge >= 0.3 is 0 Å². The molecule has 18 heavy (non-hydrogen) atoms. The van der Waals surface area contributed by atoms with Crippen molar-refractivity contribution >= 4 is 31.6 Å². The SMILES string of the molecule is COCCN(C)S(=O)(=O)c1cc(N)cc(Br)c1F. The maximum atomic E-state index is 13.8. The van der Waals surface area contributed by atoms with Crippen LogP contribution in [0.2, 0.25) is 0 Å². The smallest absolute Gasteiger partial charge is 0.245 e. The summed E-state index contributed by atoms with van der Waals surface area (Å²) in [5.41, 5.74) is 5.69. The van der Waals surface area contributed by atoms with Crippen LogP contribution in [0.3, 0.4) is 0 Å². The first-order valence-corrected chi connectivity index (χ1v) is 7.23. The number of halogens is 2. The van der Waals surface area contributed by atoms with Gasteiger partial charge in [0, 0.05) is 26.4 Å². The summed E-state index contributed by atoms with van der Waals surface area (Å²) in [5, 5.41) is 0. The van der Waals surface area contributed by atoms with Gasteiger partial charge in [0.25, 0.3) is 0 Å². The predicted octanol–water partition coefficient (Wildman–Crippen LogP) is 1.44. The van der Waals surface area contributed by atoms with Gasteiger partial charge in [-0.25, -0.2) is 12.8 Å². The molecule has 2 N–H and O–H groups in total. The number of nitrogen functional groups attached to an aromatic ring is 1. The highest BCUT2D eigenvalue weighted by molar-refractivity contribution is 9.10. The molecule has 5 nitrogen and oxygen atoms in total. The number of nitrogens with two attached hydrogens (primary N) is 1. The molecule has 0 saturated heterocycles. The number of hydrogen-bond acceptors (Lipinski definition) is 4. The summed E-state index contributed by atoms with van der Waals surface area (Å²) in [6.07, 6.45) is 0. The Balaban J connectivity index is 3.20. The average molecular weight is 341 g/mol. The van der Waals surface area contributed by atoms with Crippen LogP contribution in [0.25, 0.3) is 0 Å². The Morgan fingerprint density at radius 1 is 1.50 bits per heavy atom. The largest absolute Gasteiger partial charge is 0.399 e. The minimum atomic E-state index is -3.92. The quantitative estimate of drug-likeness (QED) is 0.823. The maximum Gasteiger partial charge on any atom is 0.245 e. The van der Waals surface area contributed by atoms with E-state index in [-0.39, 0.29) is 23.3 Å². The second-order valence-corrected chi connectivity index (χ2v) is 6.50. The van der Waals surface area contributed by atoms with Gasteiger partial charge in [-0.05, 0) is 28.1 Å². The summed E-state index contributed by atoms with van der Waals surface area (Å²) in [5.74, 6) is -0.853. The molecule has 0 aromatic heterocycles. The molecular weight excluding hydrogens is 327 g/mol. The zero-order chi connectivity index (χ0) is 13.9. The maximum absolute atomic E-state index is 13.8. The average Bonchev–Trinajstić information content (AvgIpc) is 2.30. The van der Waals surface area contributed by atoms with Crippen molar-refractivity contribution < 1.29 is 17.5 Å². The number of hydrogen-bond donors (Lipinski definition) is 1. The lowest BCUT2D eigenvalue weighted by Crippen LogP contribution is -2.30. The van der Waals surface area contributed by atoms with Crippen molar-refractivity contribution in [2.24, 2.45) is 0 Å². The first-order valence-electron chi connectivity index (χ1n) is 5.00. The van der Waals surface area contributed by atoms with Crippen molar-refractivity contribution in [1.82, 2.24) is 4.31 Å². The summed E-state index contributed by atoms with van der Waals surface area (Å²) >= 11 is 2.93. The van der Waals surface area contributed by atoms with E-state index in [1.165, 1.54) is 20.2 Å². The molecule has 0 unspecified atom stereocenters. The fourth-order valence-electron chi connectivity index (χ4n) is 1.28. The summed E-state index contributed by atoms with van der Waals surface area (Å²) in [6.45, 7) is 0.353. The summed E-state index contributed by atoms with van der Waals surface area (Å²) in [7, 11) is -1.11. The van der Waals surface area contributed by atoms with Crippen molar-refractivity contribution in [2.75, 3.05) is 33.0 Å². The highest BCUT2D eigenvalue weighted by Gasteiger charge is 2.26. The molecule has 0 radical (unpaired) electrons. The van der Waals surface area contributed by atoms with Crippen molar-refractivity contribution in [1.29, 1.82) is 0 Å². The molecule has 0 heterocycles. The molecule has 0 aliphatic carbocycles. The lowest BCUT2D eigenvalue weighted by molar-refractivity contribution is 0.185. The van der Waals surface area contributed by atoms with Crippen molar-refractivity contribution in [2.45, 2.75) is 4.90 Å². The van der Waals surface area contributed by atoms with E-state index in [9.17, 15) is 12.8 Å². The third-order valence-electron chi connectivity index (χ3n) is 2.32. The van der Waals surface area contributed by atoms with Crippen molar-refractivity contribution in [3.8, 4) is 0 Å². The van der Waals surface area contributed by atoms with Crippen LogP contribution in [0.15, 0.2) is 21.5 Å². The Morgan fingerprint density at radius 3 is 2.67 bits per heavy atom. The fraction of sp³-hybridized carbons (Fsp3) is 0.400. The molecule has 102 valence electrons. The van der Waals surface area contributed by atoms with Crippen LogP contribution >= 0.6 is 15.9 Å². The number of ether oxygens (including phenoxy) is 1. The standard InChI is InChI=1S/C10H14BrFN2O3S/c1-14(3-4-17-2)18(15,16)9-6-7(13)5-8(11)10(9)12/h5-6H,3-4,13H2,1-2H3. The van der Waals surface area contributed by atoms with Crippen molar-refractivity contribution in [3.63, 3.8) is 0 Å². The van der Waals surface area contributed by atoms with E-state index in [1.807, 2.05) is 0 Å². The van der Waals surface area contributed by atoms with E-state index in [0.29, 0.717) is 0 Å².